The van der Waals surface area contributed by atoms with E-state index in [1.165, 1.54) is 16.4 Å². The average molecular weight is 511 g/mol. The Morgan fingerprint density at radius 3 is 2.36 bits per heavy atom. The number of para-hydroxylation sites is 1. The van der Waals surface area contributed by atoms with Gasteiger partial charge in [-0.15, -0.1) is 0 Å². The van der Waals surface area contributed by atoms with Crippen LogP contribution in [0.3, 0.4) is 0 Å². The van der Waals surface area contributed by atoms with Crippen LogP contribution in [0.4, 0.5) is 15.8 Å². The maximum atomic E-state index is 14.0. The molecular weight excluding hydrogens is 479 g/mol. The van der Waals surface area contributed by atoms with Crippen LogP contribution in [-0.4, -0.2) is 51.7 Å². The van der Waals surface area contributed by atoms with Crippen molar-refractivity contribution in [3.05, 3.63) is 72.5 Å². The lowest BCUT2D eigenvalue weighted by molar-refractivity contribution is -0.0794. The summed E-state index contributed by atoms with van der Waals surface area (Å²) in [5.41, 5.74) is 2.76. The van der Waals surface area contributed by atoms with Gasteiger partial charge in [-0.25, -0.2) is 12.8 Å². The van der Waals surface area contributed by atoms with E-state index in [1.54, 1.807) is 25.2 Å². The molecule has 2 aliphatic rings. The number of anilines is 2. The first-order chi connectivity index (χ1) is 17.2. The fourth-order valence-electron chi connectivity index (χ4n) is 4.78. The van der Waals surface area contributed by atoms with E-state index in [9.17, 15) is 12.8 Å². The van der Waals surface area contributed by atoms with Crippen LogP contribution in [0.15, 0.2) is 71.6 Å². The Kier molecular flexibility index (Phi) is 6.76. The van der Waals surface area contributed by atoms with Crippen molar-refractivity contribution in [2.75, 3.05) is 31.7 Å². The highest BCUT2D eigenvalue weighted by Gasteiger charge is 2.38. The highest BCUT2D eigenvalue weighted by Crippen LogP contribution is 2.44. The second-order valence-electron chi connectivity index (χ2n) is 9.85. The monoisotopic (exact) mass is 510 g/mol. The van der Waals surface area contributed by atoms with Crippen molar-refractivity contribution in [3.8, 4) is 16.9 Å². The molecule has 190 valence electrons. The lowest BCUT2D eigenvalue weighted by Gasteiger charge is -2.31. The van der Waals surface area contributed by atoms with Crippen LogP contribution >= 0.6 is 0 Å². The quantitative estimate of drug-likeness (QED) is 0.441. The summed E-state index contributed by atoms with van der Waals surface area (Å²) in [5, 5.41) is 0. The van der Waals surface area contributed by atoms with Gasteiger partial charge < -0.3 is 14.4 Å². The molecule has 1 saturated heterocycles. The number of hydrogen-bond donors (Lipinski definition) is 0. The van der Waals surface area contributed by atoms with E-state index in [4.69, 9.17) is 9.47 Å². The Balaban J connectivity index is 1.74. The number of likely N-dealkylation sites (N-methyl/N-ethyl adjacent to an activating group) is 1. The number of sulfonamides is 1. The molecule has 1 atom stereocenters. The third-order valence-electron chi connectivity index (χ3n) is 6.78. The van der Waals surface area contributed by atoms with E-state index in [-0.39, 0.29) is 22.9 Å². The Labute approximate surface area is 212 Å². The van der Waals surface area contributed by atoms with Crippen molar-refractivity contribution in [1.29, 1.82) is 0 Å². The Morgan fingerprint density at radius 2 is 1.75 bits per heavy atom. The minimum atomic E-state index is -3.83. The summed E-state index contributed by atoms with van der Waals surface area (Å²) in [4.78, 5) is 2.28. The van der Waals surface area contributed by atoms with Crippen LogP contribution in [0.5, 0.6) is 5.75 Å². The molecule has 0 radical (unpaired) electrons. The molecule has 0 N–H and O–H groups in total. The first-order valence-corrected chi connectivity index (χ1v) is 13.7. The lowest BCUT2D eigenvalue weighted by Crippen LogP contribution is -2.41. The topological polar surface area (TPSA) is 59.1 Å². The molecule has 0 aliphatic carbocycles. The van der Waals surface area contributed by atoms with Gasteiger partial charge in [-0.05, 0) is 48.2 Å². The average Bonchev–Trinajstić information content (AvgIpc) is 2.90. The van der Waals surface area contributed by atoms with Crippen LogP contribution < -0.4 is 9.64 Å². The van der Waals surface area contributed by atoms with Gasteiger partial charge in [0.05, 0.1) is 18.9 Å². The minimum Gasteiger partial charge on any atom is -0.485 e. The largest absolute Gasteiger partial charge is 0.485 e. The van der Waals surface area contributed by atoms with Gasteiger partial charge in [0.2, 0.25) is 10.0 Å². The van der Waals surface area contributed by atoms with Gasteiger partial charge >= 0.3 is 0 Å². The number of hydrogen-bond acceptors (Lipinski definition) is 5. The van der Waals surface area contributed by atoms with Crippen LogP contribution in [0.2, 0.25) is 0 Å². The predicted octanol–water partition coefficient (Wildman–Crippen LogP) is 5.46. The van der Waals surface area contributed by atoms with Gasteiger partial charge in [0.15, 0.2) is 0 Å². The van der Waals surface area contributed by atoms with Gasteiger partial charge in [-0.3, -0.25) is 0 Å². The number of halogens is 1. The van der Waals surface area contributed by atoms with Gasteiger partial charge in [-0.2, -0.15) is 4.31 Å². The van der Waals surface area contributed by atoms with Gasteiger partial charge in [-0.1, -0.05) is 44.2 Å². The third kappa shape index (κ3) is 4.73. The summed E-state index contributed by atoms with van der Waals surface area (Å²) in [5.74, 6) is 0.510. The molecule has 36 heavy (non-hydrogen) atoms. The van der Waals surface area contributed by atoms with E-state index < -0.39 is 10.0 Å². The maximum absolute atomic E-state index is 14.0. The Morgan fingerprint density at radius 1 is 1.06 bits per heavy atom. The highest BCUT2D eigenvalue weighted by molar-refractivity contribution is 7.89. The normalized spacial score (nSPS) is 20.0. The van der Waals surface area contributed by atoms with Crippen LogP contribution in [0.1, 0.15) is 20.3 Å². The zero-order chi connectivity index (χ0) is 25.4. The summed E-state index contributed by atoms with van der Waals surface area (Å²) < 4.78 is 54.8. The van der Waals surface area contributed by atoms with Crippen molar-refractivity contribution >= 4 is 21.4 Å². The van der Waals surface area contributed by atoms with Crippen LogP contribution in [-0.2, 0) is 14.8 Å². The number of benzene rings is 3. The fourth-order valence-corrected chi connectivity index (χ4v) is 6.33. The van der Waals surface area contributed by atoms with Crippen molar-refractivity contribution < 1.29 is 22.3 Å². The molecule has 0 amide bonds. The van der Waals surface area contributed by atoms with E-state index in [1.807, 2.05) is 36.4 Å². The number of ether oxygens (including phenoxy) is 2. The van der Waals surface area contributed by atoms with Gasteiger partial charge in [0, 0.05) is 37.0 Å². The lowest BCUT2D eigenvalue weighted by atomic mass is 10.0. The molecule has 5 rings (SSSR count). The van der Waals surface area contributed by atoms with Gasteiger partial charge in [0.1, 0.15) is 22.6 Å². The molecule has 0 unspecified atom stereocenters. The number of fused-ring (bicyclic) bond motifs is 1. The molecule has 0 spiro atoms. The molecule has 0 aromatic heterocycles. The third-order valence-corrected chi connectivity index (χ3v) is 8.72. The minimum absolute atomic E-state index is 0.119. The first kappa shape index (κ1) is 24.7. The summed E-state index contributed by atoms with van der Waals surface area (Å²) in [7, 11) is -2.17. The molecule has 0 saturated carbocycles. The van der Waals surface area contributed by atoms with E-state index in [0.29, 0.717) is 48.2 Å². The van der Waals surface area contributed by atoms with Crippen LogP contribution in [0, 0.1) is 11.7 Å². The molecule has 2 aliphatic heterocycles. The highest BCUT2D eigenvalue weighted by atomic mass is 32.2. The summed E-state index contributed by atoms with van der Waals surface area (Å²) in [6.45, 7) is 5.65. The molecule has 1 fully saturated rings. The predicted molar refractivity (Wildman–Crippen MR) is 139 cm³/mol. The number of rotatable bonds is 6. The molecule has 0 bridgehead atoms. The Bertz CT molecular complexity index is 1330. The van der Waals surface area contributed by atoms with E-state index >= 15 is 0 Å². The standard InChI is InChI=1S/C28H31FN2O4S/c1-19(2)13-23-16-31(22-7-5-4-6-8-22)26-15-27(35-24-17-34-18-24)25(20-9-11-21(29)12-10-20)14-28(26)36(32,33)30(23)3/h4-12,14-15,19,23-24H,13,16-18H2,1-3H3/t23-/m1/s1. The summed E-state index contributed by atoms with van der Waals surface area (Å²) in [6, 6.07) is 19.1. The smallest absolute Gasteiger partial charge is 0.245 e. The molecule has 2 heterocycles. The first-order valence-electron chi connectivity index (χ1n) is 12.2. The second kappa shape index (κ2) is 9.84. The van der Waals surface area contributed by atoms with Crippen molar-refractivity contribution in [1.82, 2.24) is 4.31 Å². The molecular formula is C28H31FN2O4S. The Hall–Kier alpha value is -2.94. The molecule has 3 aromatic rings. The summed E-state index contributed by atoms with van der Waals surface area (Å²) >= 11 is 0. The number of nitrogens with zero attached hydrogens (tertiary/aromatic N) is 2. The van der Waals surface area contributed by atoms with Crippen molar-refractivity contribution in [2.24, 2.45) is 5.92 Å². The van der Waals surface area contributed by atoms with Crippen LogP contribution in [0.25, 0.3) is 11.1 Å². The SMILES string of the molecule is CC(C)C[C@@H]1CN(c2ccccc2)c2cc(OC3COC3)c(-c3ccc(F)cc3)cc2S(=O)(=O)N1C. The van der Waals surface area contributed by atoms with E-state index in [2.05, 4.69) is 18.7 Å². The zero-order valence-corrected chi connectivity index (χ0v) is 21.5. The fraction of sp³-hybridized carbons (Fsp3) is 0.357. The van der Waals surface area contributed by atoms with Gasteiger partial charge in [0.25, 0.3) is 0 Å². The maximum Gasteiger partial charge on any atom is 0.245 e. The second-order valence-corrected chi connectivity index (χ2v) is 11.8. The molecule has 3 aromatic carbocycles. The molecule has 6 nitrogen and oxygen atoms in total. The van der Waals surface area contributed by atoms with Crippen molar-refractivity contribution in [2.45, 2.75) is 37.3 Å². The van der Waals surface area contributed by atoms with E-state index in [0.717, 1.165) is 12.1 Å². The molecule has 8 heteroatoms. The summed E-state index contributed by atoms with van der Waals surface area (Å²) in [6.07, 6.45) is 0.604. The van der Waals surface area contributed by atoms with Crippen molar-refractivity contribution in [3.63, 3.8) is 0 Å². The zero-order valence-electron chi connectivity index (χ0n) is 20.7.